The molecule has 1 amide bonds. The van der Waals surface area contributed by atoms with E-state index in [9.17, 15) is 14.7 Å². The second kappa shape index (κ2) is 7.64. The highest BCUT2D eigenvalue weighted by Crippen LogP contribution is 2.24. The van der Waals surface area contributed by atoms with E-state index in [1.54, 1.807) is 32.6 Å². The van der Waals surface area contributed by atoms with E-state index in [4.69, 9.17) is 9.47 Å². The topological polar surface area (TPSA) is 76.1 Å². The molecule has 6 nitrogen and oxygen atoms in total. The Kier molecular flexibility index (Phi) is 6.45. The molecule has 0 aromatic rings. The molecule has 0 unspecified atom stereocenters. The summed E-state index contributed by atoms with van der Waals surface area (Å²) in [6.07, 6.45) is 1.01. The first-order chi connectivity index (χ1) is 9.74. The number of carbonyl (C=O) groups excluding carboxylic acids is 2. The molecule has 1 heterocycles. The van der Waals surface area contributed by atoms with E-state index in [0.29, 0.717) is 13.0 Å². The minimum absolute atomic E-state index is 0.0994. The lowest BCUT2D eigenvalue weighted by Crippen LogP contribution is -2.51. The average molecular weight is 301 g/mol. The normalized spacial score (nSPS) is 20.8. The second-order valence-corrected chi connectivity index (χ2v) is 6.31. The molecule has 122 valence electrons. The van der Waals surface area contributed by atoms with Crippen LogP contribution >= 0.6 is 0 Å². The predicted octanol–water partition coefficient (Wildman–Crippen LogP) is 2.09. The van der Waals surface area contributed by atoms with Gasteiger partial charge in [-0.05, 0) is 47.0 Å². The Morgan fingerprint density at radius 3 is 2.57 bits per heavy atom. The van der Waals surface area contributed by atoms with Crippen LogP contribution in [-0.2, 0) is 14.3 Å². The van der Waals surface area contributed by atoms with Crippen molar-refractivity contribution in [2.75, 3.05) is 13.2 Å². The lowest BCUT2D eigenvalue weighted by atomic mass is 9.96. The Morgan fingerprint density at radius 2 is 2.00 bits per heavy atom. The number of hydrogen-bond donors (Lipinski definition) is 1. The molecule has 1 aliphatic rings. The number of aliphatic hydroxyl groups excluding tert-OH is 1. The molecule has 0 aliphatic carbocycles. The molecule has 0 aromatic heterocycles. The second-order valence-electron chi connectivity index (χ2n) is 6.31. The highest BCUT2D eigenvalue weighted by Gasteiger charge is 2.35. The van der Waals surface area contributed by atoms with Crippen molar-refractivity contribution in [3.63, 3.8) is 0 Å². The lowest BCUT2D eigenvalue weighted by Gasteiger charge is -2.38. The molecule has 0 aromatic carbocycles. The maximum Gasteiger partial charge on any atom is 0.410 e. The Hall–Kier alpha value is -1.30. The zero-order valence-corrected chi connectivity index (χ0v) is 13.4. The first-order valence-corrected chi connectivity index (χ1v) is 7.58. The van der Waals surface area contributed by atoms with Gasteiger partial charge >= 0.3 is 12.1 Å². The van der Waals surface area contributed by atoms with E-state index in [-0.39, 0.29) is 13.0 Å². The van der Waals surface area contributed by atoms with Crippen molar-refractivity contribution in [2.24, 2.45) is 0 Å². The van der Waals surface area contributed by atoms with Crippen LogP contribution in [0.2, 0.25) is 0 Å². The van der Waals surface area contributed by atoms with E-state index in [1.807, 2.05) is 0 Å². The molecule has 1 N–H and O–H groups in total. The van der Waals surface area contributed by atoms with Gasteiger partial charge in [-0.25, -0.2) is 4.79 Å². The first kappa shape index (κ1) is 17.8. The Labute approximate surface area is 126 Å². The Balaban J connectivity index is 2.68. The summed E-state index contributed by atoms with van der Waals surface area (Å²) in [6, 6.07) is -0.391. The Morgan fingerprint density at radius 1 is 1.33 bits per heavy atom. The standard InChI is InChI=1S/C15H27NO5/c1-5-20-13(18)10-12(17)11-8-6-7-9-16(11)14(19)21-15(2,3)4/h11-12,17H,5-10H2,1-4H3/t11-,12+/m0/s1. The van der Waals surface area contributed by atoms with Gasteiger partial charge in [0.2, 0.25) is 0 Å². The van der Waals surface area contributed by atoms with Crippen LogP contribution in [-0.4, -0.2) is 53.0 Å². The van der Waals surface area contributed by atoms with E-state index in [2.05, 4.69) is 0 Å². The maximum atomic E-state index is 12.2. The summed E-state index contributed by atoms with van der Waals surface area (Å²) in [6.45, 7) is 7.96. The zero-order chi connectivity index (χ0) is 16.0. The van der Waals surface area contributed by atoms with Crippen LogP contribution in [0.25, 0.3) is 0 Å². The molecule has 0 bridgehead atoms. The van der Waals surface area contributed by atoms with Gasteiger partial charge in [0, 0.05) is 6.54 Å². The van der Waals surface area contributed by atoms with Crippen LogP contribution in [0, 0.1) is 0 Å². The van der Waals surface area contributed by atoms with Crippen LogP contribution in [0.1, 0.15) is 53.4 Å². The average Bonchev–Trinajstić information content (AvgIpc) is 2.36. The molecular formula is C15H27NO5. The fraction of sp³-hybridized carbons (Fsp3) is 0.867. The number of rotatable bonds is 4. The molecule has 2 atom stereocenters. The van der Waals surface area contributed by atoms with Gasteiger partial charge in [0.15, 0.2) is 0 Å². The van der Waals surface area contributed by atoms with Gasteiger partial charge in [0.1, 0.15) is 5.60 Å². The summed E-state index contributed by atoms with van der Waals surface area (Å²) in [5.41, 5.74) is -0.578. The number of carbonyl (C=O) groups is 2. The quantitative estimate of drug-likeness (QED) is 0.805. The van der Waals surface area contributed by atoms with Crippen LogP contribution in [0.4, 0.5) is 4.79 Å². The smallest absolute Gasteiger partial charge is 0.410 e. The minimum atomic E-state index is -0.920. The van der Waals surface area contributed by atoms with E-state index >= 15 is 0 Å². The highest BCUT2D eigenvalue weighted by atomic mass is 16.6. The fourth-order valence-electron chi connectivity index (χ4n) is 2.43. The number of esters is 1. The number of likely N-dealkylation sites (tertiary alicyclic amines) is 1. The van der Waals surface area contributed by atoms with E-state index in [0.717, 1.165) is 12.8 Å². The Bertz CT molecular complexity index is 364. The van der Waals surface area contributed by atoms with Crippen molar-refractivity contribution < 1.29 is 24.2 Å². The monoisotopic (exact) mass is 301 g/mol. The largest absolute Gasteiger partial charge is 0.466 e. The number of hydrogen-bond acceptors (Lipinski definition) is 5. The molecule has 6 heteroatoms. The van der Waals surface area contributed by atoms with Crippen molar-refractivity contribution >= 4 is 12.1 Å². The molecule has 1 aliphatic heterocycles. The molecule has 21 heavy (non-hydrogen) atoms. The number of piperidine rings is 1. The van der Waals surface area contributed by atoms with Crippen LogP contribution < -0.4 is 0 Å². The number of ether oxygens (including phenoxy) is 2. The van der Waals surface area contributed by atoms with Crippen molar-refractivity contribution in [3.8, 4) is 0 Å². The zero-order valence-electron chi connectivity index (χ0n) is 13.4. The molecule has 0 spiro atoms. The molecule has 0 radical (unpaired) electrons. The summed E-state index contributed by atoms with van der Waals surface area (Å²) in [5.74, 6) is -0.445. The number of nitrogens with zero attached hydrogens (tertiary/aromatic N) is 1. The summed E-state index contributed by atoms with van der Waals surface area (Å²) in [5, 5.41) is 10.2. The van der Waals surface area contributed by atoms with Gasteiger partial charge < -0.3 is 19.5 Å². The van der Waals surface area contributed by atoms with Crippen molar-refractivity contribution in [1.29, 1.82) is 0 Å². The molecular weight excluding hydrogens is 274 g/mol. The third-order valence-electron chi connectivity index (χ3n) is 3.30. The van der Waals surface area contributed by atoms with Gasteiger partial charge in [-0.2, -0.15) is 0 Å². The summed E-state index contributed by atoms with van der Waals surface area (Å²) in [4.78, 5) is 25.2. The summed E-state index contributed by atoms with van der Waals surface area (Å²) in [7, 11) is 0. The minimum Gasteiger partial charge on any atom is -0.466 e. The molecule has 1 saturated heterocycles. The fourth-order valence-corrected chi connectivity index (χ4v) is 2.43. The summed E-state index contributed by atoms with van der Waals surface area (Å²) < 4.78 is 10.2. The van der Waals surface area contributed by atoms with Gasteiger partial charge in [-0.3, -0.25) is 4.79 Å². The summed E-state index contributed by atoms with van der Waals surface area (Å²) >= 11 is 0. The molecule has 1 fully saturated rings. The first-order valence-electron chi connectivity index (χ1n) is 7.58. The van der Waals surface area contributed by atoms with Crippen LogP contribution in [0.15, 0.2) is 0 Å². The number of aliphatic hydroxyl groups is 1. The van der Waals surface area contributed by atoms with Gasteiger partial charge in [0.25, 0.3) is 0 Å². The maximum absolute atomic E-state index is 12.2. The predicted molar refractivity (Wildman–Crippen MR) is 77.8 cm³/mol. The van der Waals surface area contributed by atoms with Crippen molar-refractivity contribution in [3.05, 3.63) is 0 Å². The third kappa shape index (κ3) is 5.91. The van der Waals surface area contributed by atoms with Gasteiger partial charge in [0.05, 0.1) is 25.2 Å². The highest BCUT2D eigenvalue weighted by molar-refractivity contribution is 5.71. The van der Waals surface area contributed by atoms with Crippen molar-refractivity contribution in [2.45, 2.75) is 71.1 Å². The van der Waals surface area contributed by atoms with Crippen molar-refractivity contribution in [1.82, 2.24) is 4.90 Å². The van der Waals surface area contributed by atoms with E-state index in [1.165, 1.54) is 0 Å². The van der Waals surface area contributed by atoms with E-state index < -0.39 is 29.8 Å². The molecule has 0 saturated carbocycles. The van der Waals surface area contributed by atoms with Gasteiger partial charge in [-0.15, -0.1) is 0 Å². The van der Waals surface area contributed by atoms with Gasteiger partial charge in [-0.1, -0.05) is 0 Å². The lowest BCUT2D eigenvalue weighted by molar-refractivity contribution is -0.146. The van der Waals surface area contributed by atoms with Crippen LogP contribution in [0.5, 0.6) is 0 Å². The van der Waals surface area contributed by atoms with Crippen LogP contribution in [0.3, 0.4) is 0 Å². The number of amides is 1. The third-order valence-corrected chi connectivity index (χ3v) is 3.30. The SMILES string of the molecule is CCOC(=O)C[C@@H](O)[C@@H]1CCCCN1C(=O)OC(C)(C)C. The molecule has 1 rings (SSSR count).